The molecule has 3 aromatic rings. The second-order valence-electron chi connectivity index (χ2n) is 4.30. The van der Waals surface area contributed by atoms with Crippen molar-refractivity contribution < 1.29 is 4.92 Å². The Morgan fingerprint density at radius 2 is 2.05 bits per heavy atom. The number of thiazole rings is 1. The van der Waals surface area contributed by atoms with Crippen molar-refractivity contribution in [3.05, 3.63) is 51.1 Å². The van der Waals surface area contributed by atoms with E-state index in [1.54, 1.807) is 29.5 Å². The molecule has 19 heavy (non-hydrogen) atoms. The van der Waals surface area contributed by atoms with E-state index in [2.05, 4.69) is 4.98 Å². The molecule has 0 bridgehead atoms. The number of rotatable bonds is 2. The highest BCUT2D eigenvalue weighted by Crippen LogP contribution is 2.31. The van der Waals surface area contributed by atoms with Crippen molar-refractivity contribution in [2.24, 2.45) is 0 Å². The van der Waals surface area contributed by atoms with Gasteiger partial charge in [0.2, 0.25) is 0 Å². The minimum absolute atomic E-state index is 0.0858. The number of nitrogens with zero attached hydrogens (tertiary/aromatic N) is 3. The van der Waals surface area contributed by atoms with Crippen LogP contribution in [0.15, 0.2) is 30.5 Å². The van der Waals surface area contributed by atoms with Gasteiger partial charge in [-0.05, 0) is 19.9 Å². The Hall–Kier alpha value is -2.21. The molecule has 2 aromatic heterocycles. The molecule has 0 unspecified atom stereocenters. The van der Waals surface area contributed by atoms with Gasteiger partial charge in [-0.25, -0.2) is 4.98 Å². The zero-order valence-corrected chi connectivity index (χ0v) is 11.3. The molecule has 0 aliphatic rings. The van der Waals surface area contributed by atoms with E-state index >= 15 is 0 Å². The molecule has 3 rings (SSSR count). The number of para-hydroxylation sites is 1. The first kappa shape index (κ1) is 11.9. The van der Waals surface area contributed by atoms with Crippen LogP contribution in [-0.4, -0.2) is 14.3 Å². The Morgan fingerprint density at radius 1 is 1.32 bits per heavy atom. The normalized spacial score (nSPS) is 11.1. The minimum Gasteiger partial charge on any atom is -0.294 e. The summed E-state index contributed by atoms with van der Waals surface area (Å²) in [6, 6.07) is 6.68. The fraction of sp³-hybridized carbons (Fsp3) is 0.154. The van der Waals surface area contributed by atoms with Gasteiger partial charge < -0.3 is 0 Å². The van der Waals surface area contributed by atoms with Gasteiger partial charge in [0.15, 0.2) is 4.96 Å². The summed E-state index contributed by atoms with van der Waals surface area (Å²) in [5, 5.41) is 11.0. The lowest BCUT2D eigenvalue weighted by molar-refractivity contribution is -0.384. The molecule has 2 heterocycles. The number of aryl methyl sites for hydroxylation is 2. The zero-order valence-electron chi connectivity index (χ0n) is 10.5. The summed E-state index contributed by atoms with van der Waals surface area (Å²) < 4.78 is 1.98. The minimum atomic E-state index is -0.374. The molecular weight excluding hydrogens is 262 g/mol. The molecule has 0 N–H and O–H groups in total. The number of nitro benzene ring substituents is 1. The summed E-state index contributed by atoms with van der Waals surface area (Å²) in [4.78, 5) is 17.2. The van der Waals surface area contributed by atoms with Gasteiger partial charge >= 0.3 is 0 Å². The second-order valence-corrected chi connectivity index (χ2v) is 5.48. The lowest BCUT2D eigenvalue weighted by Crippen LogP contribution is -1.91. The van der Waals surface area contributed by atoms with Crippen LogP contribution >= 0.6 is 11.3 Å². The smallest absolute Gasteiger partial charge is 0.278 e. The van der Waals surface area contributed by atoms with Crippen LogP contribution < -0.4 is 0 Å². The number of hydrogen-bond donors (Lipinski definition) is 0. The third kappa shape index (κ3) is 1.80. The standard InChI is InChI=1S/C13H11N3O2S/c1-8-9(2)19-13-14-11(7-15(8)13)10-5-3-4-6-12(10)16(17)18/h3-7H,1-2H3. The molecular formula is C13H11N3O2S. The molecule has 6 heteroatoms. The summed E-state index contributed by atoms with van der Waals surface area (Å²) in [6.07, 6.45) is 1.86. The van der Waals surface area contributed by atoms with Crippen molar-refractivity contribution >= 4 is 22.0 Å². The summed E-state index contributed by atoms with van der Waals surface area (Å²) in [5.41, 5.74) is 2.40. The van der Waals surface area contributed by atoms with Gasteiger partial charge in [0.1, 0.15) is 0 Å². The average Bonchev–Trinajstić information content (AvgIpc) is 2.91. The Labute approximate surface area is 113 Å². The highest BCUT2D eigenvalue weighted by Gasteiger charge is 2.18. The third-order valence-corrected chi connectivity index (χ3v) is 4.24. The summed E-state index contributed by atoms with van der Waals surface area (Å²) in [6.45, 7) is 4.06. The second kappa shape index (κ2) is 4.17. The molecule has 0 amide bonds. The van der Waals surface area contributed by atoms with Crippen molar-refractivity contribution in [3.8, 4) is 11.3 Å². The van der Waals surface area contributed by atoms with Crippen molar-refractivity contribution in [2.75, 3.05) is 0 Å². The molecule has 0 spiro atoms. The largest absolute Gasteiger partial charge is 0.294 e. The van der Waals surface area contributed by atoms with Crippen molar-refractivity contribution in [1.82, 2.24) is 9.38 Å². The van der Waals surface area contributed by atoms with Crippen LogP contribution in [0.1, 0.15) is 10.6 Å². The van der Waals surface area contributed by atoms with Crippen LogP contribution in [0.3, 0.4) is 0 Å². The quantitative estimate of drug-likeness (QED) is 0.529. The SMILES string of the molecule is Cc1sc2nc(-c3ccccc3[N+](=O)[O-])cn2c1C. The van der Waals surface area contributed by atoms with Gasteiger partial charge in [0.25, 0.3) is 5.69 Å². The molecule has 0 saturated heterocycles. The Balaban J connectivity index is 2.22. The maximum Gasteiger partial charge on any atom is 0.278 e. The fourth-order valence-corrected chi connectivity index (χ4v) is 2.99. The molecule has 0 aliphatic carbocycles. The summed E-state index contributed by atoms with van der Waals surface area (Å²) in [5.74, 6) is 0. The molecule has 96 valence electrons. The van der Waals surface area contributed by atoms with Crippen LogP contribution in [0.2, 0.25) is 0 Å². The maximum atomic E-state index is 11.0. The lowest BCUT2D eigenvalue weighted by Gasteiger charge is -1.98. The molecule has 0 saturated carbocycles. The van der Waals surface area contributed by atoms with E-state index in [1.807, 2.05) is 24.4 Å². The van der Waals surface area contributed by atoms with Gasteiger partial charge in [-0.3, -0.25) is 14.5 Å². The Morgan fingerprint density at radius 3 is 2.74 bits per heavy atom. The molecule has 0 atom stereocenters. The van der Waals surface area contributed by atoms with E-state index in [9.17, 15) is 10.1 Å². The van der Waals surface area contributed by atoms with E-state index in [4.69, 9.17) is 0 Å². The van der Waals surface area contributed by atoms with Gasteiger partial charge in [0.05, 0.1) is 16.2 Å². The van der Waals surface area contributed by atoms with Crippen LogP contribution in [-0.2, 0) is 0 Å². The number of nitro groups is 1. The lowest BCUT2D eigenvalue weighted by atomic mass is 10.1. The summed E-state index contributed by atoms with van der Waals surface area (Å²) >= 11 is 1.59. The zero-order chi connectivity index (χ0) is 13.6. The molecule has 0 fully saturated rings. The van der Waals surface area contributed by atoms with Crippen molar-refractivity contribution in [2.45, 2.75) is 13.8 Å². The molecule has 0 aliphatic heterocycles. The Kier molecular flexibility index (Phi) is 2.60. The molecule has 0 radical (unpaired) electrons. The molecule has 5 nitrogen and oxygen atoms in total. The first-order valence-corrected chi connectivity index (χ1v) is 6.58. The number of hydrogen-bond acceptors (Lipinski definition) is 4. The van der Waals surface area contributed by atoms with E-state index in [0.29, 0.717) is 11.3 Å². The van der Waals surface area contributed by atoms with Gasteiger partial charge in [-0.2, -0.15) is 0 Å². The average molecular weight is 273 g/mol. The highest BCUT2D eigenvalue weighted by molar-refractivity contribution is 7.17. The van der Waals surface area contributed by atoms with Crippen molar-refractivity contribution in [3.63, 3.8) is 0 Å². The predicted molar refractivity (Wildman–Crippen MR) is 74.6 cm³/mol. The van der Waals surface area contributed by atoms with Crippen LogP contribution in [0.4, 0.5) is 5.69 Å². The molecule has 1 aromatic carbocycles. The van der Waals surface area contributed by atoms with E-state index < -0.39 is 0 Å². The van der Waals surface area contributed by atoms with E-state index in [1.165, 1.54) is 10.9 Å². The first-order chi connectivity index (χ1) is 9.08. The summed E-state index contributed by atoms with van der Waals surface area (Å²) in [7, 11) is 0. The van der Waals surface area contributed by atoms with Crippen LogP contribution in [0.25, 0.3) is 16.2 Å². The van der Waals surface area contributed by atoms with Crippen molar-refractivity contribution in [1.29, 1.82) is 0 Å². The fourth-order valence-electron chi connectivity index (χ4n) is 2.04. The van der Waals surface area contributed by atoms with Crippen LogP contribution in [0.5, 0.6) is 0 Å². The van der Waals surface area contributed by atoms with Crippen LogP contribution in [0, 0.1) is 24.0 Å². The number of benzene rings is 1. The van der Waals surface area contributed by atoms with E-state index in [0.717, 1.165) is 10.7 Å². The predicted octanol–water partition coefficient (Wildman–Crippen LogP) is 3.59. The third-order valence-electron chi connectivity index (χ3n) is 3.17. The van der Waals surface area contributed by atoms with Gasteiger partial charge in [0, 0.05) is 22.8 Å². The number of fused-ring (bicyclic) bond motifs is 1. The number of imidazole rings is 1. The van der Waals surface area contributed by atoms with E-state index in [-0.39, 0.29) is 10.6 Å². The first-order valence-electron chi connectivity index (χ1n) is 5.77. The number of aromatic nitrogens is 2. The maximum absolute atomic E-state index is 11.0. The van der Waals surface area contributed by atoms with Gasteiger partial charge in [-0.15, -0.1) is 11.3 Å². The van der Waals surface area contributed by atoms with Gasteiger partial charge in [-0.1, -0.05) is 12.1 Å². The topological polar surface area (TPSA) is 60.4 Å². The monoisotopic (exact) mass is 273 g/mol. The Bertz CT molecular complexity index is 788. The highest BCUT2D eigenvalue weighted by atomic mass is 32.1.